The van der Waals surface area contributed by atoms with Crippen molar-refractivity contribution in [2.24, 2.45) is 0 Å². The van der Waals surface area contributed by atoms with E-state index in [-0.39, 0.29) is 22.5 Å². The molecule has 9 heteroatoms. The number of aromatic nitrogens is 2. The molecule has 3 rings (SSSR count). The molecule has 1 N–H and O–H groups in total. The average molecular weight is 488 g/mol. The summed E-state index contributed by atoms with van der Waals surface area (Å²) in [5, 5.41) is 3.56. The van der Waals surface area contributed by atoms with E-state index in [4.69, 9.17) is 32.7 Å². The third kappa shape index (κ3) is 6.91. The first-order chi connectivity index (χ1) is 15.5. The lowest BCUT2D eigenvalue weighted by Gasteiger charge is -2.20. The van der Waals surface area contributed by atoms with E-state index < -0.39 is 17.5 Å². The second-order valence-electron chi connectivity index (χ2n) is 8.27. The fourth-order valence-electron chi connectivity index (χ4n) is 2.83. The van der Waals surface area contributed by atoms with E-state index in [1.165, 1.54) is 24.7 Å². The van der Waals surface area contributed by atoms with Crippen LogP contribution in [0, 0.1) is 0 Å². The van der Waals surface area contributed by atoms with Crippen molar-refractivity contribution in [2.75, 3.05) is 0 Å². The number of rotatable bonds is 6. The second-order valence-corrected chi connectivity index (χ2v) is 9.14. The zero-order valence-corrected chi connectivity index (χ0v) is 20.1. The first kappa shape index (κ1) is 24.5. The van der Waals surface area contributed by atoms with E-state index in [1.807, 2.05) is 27.7 Å². The van der Waals surface area contributed by atoms with Crippen LogP contribution in [-0.2, 0) is 4.74 Å². The summed E-state index contributed by atoms with van der Waals surface area (Å²) in [6, 6.07) is 9.49. The summed E-state index contributed by atoms with van der Waals surface area (Å²) in [7, 11) is 0. The fraction of sp³-hybridized carbons (Fsp3) is 0.250. The fourth-order valence-corrected chi connectivity index (χ4v) is 3.15. The zero-order chi connectivity index (χ0) is 24.2. The molecule has 0 radical (unpaired) electrons. The van der Waals surface area contributed by atoms with Gasteiger partial charge in [-0.05, 0) is 51.5 Å². The summed E-state index contributed by atoms with van der Waals surface area (Å²) >= 11 is 12.0. The van der Waals surface area contributed by atoms with Crippen LogP contribution in [0.4, 0.5) is 0 Å². The quantitative estimate of drug-likeness (QED) is 0.427. The highest BCUT2D eigenvalue weighted by atomic mass is 35.5. The Bertz CT molecular complexity index is 1160. The number of esters is 1. The van der Waals surface area contributed by atoms with Gasteiger partial charge in [0.2, 0.25) is 5.88 Å². The molecule has 0 aliphatic rings. The highest BCUT2D eigenvalue weighted by molar-refractivity contribution is 6.31. The predicted octanol–water partition coefficient (Wildman–Crippen LogP) is 6.02. The van der Waals surface area contributed by atoms with E-state index in [9.17, 15) is 9.59 Å². The molecule has 2 aromatic heterocycles. The van der Waals surface area contributed by atoms with Crippen LogP contribution in [0.3, 0.4) is 0 Å². The topological polar surface area (TPSA) is 90.4 Å². The van der Waals surface area contributed by atoms with E-state index >= 15 is 0 Å². The lowest BCUT2D eigenvalue weighted by Crippen LogP contribution is -2.27. The Balaban J connectivity index is 1.74. The Hall–Kier alpha value is -3.16. The van der Waals surface area contributed by atoms with Crippen molar-refractivity contribution in [3.63, 3.8) is 0 Å². The Kier molecular flexibility index (Phi) is 7.56. The van der Waals surface area contributed by atoms with E-state index in [0.717, 1.165) is 5.56 Å². The minimum absolute atomic E-state index is 0.0634. The van der Waals surface area contributed by atoms with Gasteiger partial charge in [0.05, 0.1) is 27.8 Å². The molecule has 1 atom stereocenters. The van der Waals surface area contributed by atoms with Crippen molar-refractivity contribution in [1.29, 1.82) is 0 Å². The lowest BCUT2D eigenvalue weighted by atomic mass is 10.1. The normalized spacial score (nSPS) is 12.1. The molecule has 0 saturated carbocycles. The maximum absolute atomic E-state index is 13.0. The standard InChI is InChI=1S/C24H23Cl2N3O4/c1-14(15-5-7-16(8-6-15)23(31)33-24(2,3)4)29-21(30)20-10-18(26)12-28-22(20)32-19-9-17(25)11-27-13-19/h5-14H,1-4H3,(H,29,30)/t14-/m0/s1. The molecule has 0 fully saturated rings. The van der Waals surface area contributed by atoms with Crippen LogP contribution in [0.25, 0.3) is 0 Å². The first-order valence-electron chi connectivity index (χ1n) is 10.1. The maximum Gasteiger partial charge on any atom is 0.338 e. The monoisotopic (exact) mass is 487 g/mol. The molecule has 2 heterocycles. The van der Waals surface area contributed by atoms with E-state index in [1.54, 1.807) is 30.3 Å². The number of amides is 1. The minimum atomic E-state index is -0.580. The van der Waals surface area contributed by atoms with Crippen LogP contribution in [0.15, 0.2) is 55.0 Å². The number of halogens is 2. The summed E-state index contributed by atoms with van der Waals surface area (Å²) in [5.41, 5.74) is 0.798. The molecule has 0 spiro atoms. The smallest absolute Gasteiger partial charge is 0.338 e. The van der Waals surface area contributed by atoms with Crippen molar-refractivity contribution in [3.8, 4) is 11.6 Å². The zero-order valence-electron chi connectivity index (χ0n) is 18.6. The van der Waals surface area contributed by atoms with Gasteiger partial charge in [0.1, 0.15) is 16.9 Å². The van der Waals surface area contributed by atoms with Crippen LogP contribution in [0.2, 0.25) is 10.0 Å². The summed E-state index contributed by atoms with van der Waals surface area (Å²) in [6.45, 7) is 7.24. The van der Waals surface area contributed by atoms with Crippen LogP contribution in [0.1, 0.15) is 60.0 Å². The van der Waals surface area contributed by atoms with Crippen molar-refractivity contribution < 1.29 is 19.1 Å². The first-order valence-corrected chi connectivity index (χ1v) is 10.9. The Morgan fingerprint density at radius 2 is 1.67 bits per heavy atom. The molecule has 33 heavy (non-hydrogen) atoms. The molecular formula is C24H23Cl2N3O4. The van der Waals surface area contributed by atoms with Gasteiger partial charge in [-0.3, -0.25) is 9.78 Å². The predicted molar refractivity (Wildman–Crippen MR) is 126 cm³/mol. The van der Waals surface area contributed by atoms with Crippen molar-refractivity contribution in [3.05, 3.63) is 81.7 Å². The van der Waals surface area contributed by atoms with Gasteiger partial charge in [0.15, 0.2) is 0 Å². The van der Waals surface area contributed by atoms with Gasteiger partial charge in [0, 0.05) is 18.5 Å². The van der Waals surface area contributed by atoms with Gasteiger partial charge in [-0.15, -0.1) is 0 Å². The molecule has 0 unspecified atom stereocenters. The van der Waals surface area contributed by atoms with Gasteiger partial charge in [-0.25, -0.2) is 9.78 Å². The number of nitrogens with one attached hydrogen (secondary N) is 1. The highest BCUT2D eigenvalue weighted by Crippen LogP contribution is 2.27. The number of pyridine rings is 2. The molecule has 3 aromatic rings. The number of carbonyl (C=O) groups excluding carboxylic acids is 2. The summed E-state index contributed by atoms with van der Waals surface area (Å²) < 4.78 is 11.1. The third-order valence-corrected chi connectivity index (χ3v) is 4.76. The number of nitrogens with zero attached hydrogens (tertiary/aromatic N) is 2. The minimum Gasteiger partial charge on any atom is -0.456 e. The Morgan fingerprint density at radius 3 is 2.30 bits per heavy atom. The third-order valence-electron chi connectivity index (χ3n) is 4.35. The molecule has 7 nitrogen and oxygen atoms in total. The molecule has 172 valence electrons. The molecule has 0 aliphatic heterocycles. The molecule has 0 aliphatic carbocycles. The number of ether oxygens (including phenoxy) is 2. The van der Waals surface area contributed by atoms with Crippen molar-refractivity contribution in [1.82, 2.24) is 15.3 Å². The van der Waals surface area contributed by atoms with Crippen molar-refractivity contribution >= 4 is 35.1 Å². The van der Waals surface area contributed by atoms with Crippen LogP contribution in [-0.4, -0.2) is 27.4 Å². The maximum atomic E-state index is 13.0. The summed E-state index contributed by atoms with van der Waals surface area (Å²) in [6.07, 6.45) is 4.30. The molecule has 0 bridgehead atoms. The SMILES string of the molecule is C[C@H](NC(=O)c1cc(Cl)cnc1Oc1cncc(Cl)c1)c1ccc(C(=O)OC(C)(C)C)cc1. The average Bonchev–Trinajstić information content (AvgIpc) is 2.74. The largest absolute Gasteiger partial charge is 0.456 e. The molecule has 0 saturated heterocycles. The summed E-state index contributed by atoms with van der Waals surface area (Å²) in [4.78, 5) is 33.3. The second kappa shape index (κ2) is 10.2. The summed E-state index contributed by atoms with van der Waals surface area (Å²) in [5.74, 6) is -0.447. The number of benzene rings is 1. The molecule has 1 amide bonds. The van der Waals surface area contributed by atoms with Crippen LogP contribution >= 0.6 is 23.2 Å². The molecular weight excluding hydrogens is 465 g/mol. The lowest BCUT2D eigenvalue weighted by molar-refractivity contribution is 0.00693. The van der Waals surface area contributed by atoms with Crippen LogP contribution < -0.4 is 10.1 Å². The number of hydrogen-bond donors (Lipinski definition) is 1. The van der Waals surface area contributed by atoms with Gasteiger partial charge in [-0.2, -0.15) is 0 Å². The van der Waals surface area contributed by atoms with E-state index in [0.29, 0.717) is 16.3 Å². The number of carbonyl (C=O) groups is 2. The Labute approximate surface area is 202 Å². The van der Waals surface area contributed by atoms with Gasteiger partial charge in [0.25, 0.3) is 5.91 Å². The Morgan fingerprint density at radius 1 is 1.00 bits per heavy atom. The highest BCUT2D eigenvalue weighted by Gasteiger charge is 2.20. The number of hydrogen-bond acceptors (Lipinski definition) is 6. The van der Waals surface area contributed by atoms with E-state index in [2.05, 4.69) is 15.3 Å². The van der Waals surface area contributed by atoms with Crippen LogP contribution in [0.5, 0.6) is 11.6 Å². The van der Waals surface area contributed by atoms with Gasteiger partial charge >= 0.3 is 5.97 Å². The van der Waals surface area contributed by atoms with Gasteiger partial charge in [-0.1, -0.05) is 35.3 Å². The molecule has 1 aromatic carbocycles. The van der Waals surface area contributed by atoms with Crippen molar-refractivity contribution in [2.45, 2.75) is 39.3 Å². The van der Waals surface area contributed by atoms with Gasteiger partial charge < -0.3 is 14.8 Å².